The van der Waals surface area contributed by atoms with E-state index in [0.29, 0.717) is 6.10 Å². The monoisotopic (exact) mass is 179 g/mol. The van der Waals surface area contributed by atoms with Gasteiger partial charge in [-0.1, -0.05) is 11.8 Å². The molecular weight excluding hydrogens is 165 g/mol. The van der Waals surface area contributed by atoms with Crippen molar-refractivity contribution in [3.8, 4) is 0 Å². The van der Waals surface area contributed by atoms with E-state index in [9.17, 15) is 0 Å². The molecule has 0 radical (unpaired) electrons. The molecule has 0 bridgehead atoms. The van der Waals surface area contributed by atoms with Gasteiger partial charge < -0.3 is 4.52 Å². The number of hydrogen-bond acceptors (Lipinski definition) is 2. The summed E-state index contributed by atoms with van der Waals surface area (Å²) in [5, 5.41) is 0. The minimum atomic E-state index is -1.53. The molecule has 2 nitrogen and oxygen atoms in total. The Morgan fingerprint density at radius 2 is 2.20 bits per heavy atom. The maximum atomic E-state index is 5.66. The zero-order chi connectivity index (χ0) is 7.78. The lowest BCUT2D eigenvalue weighted by Crippen LogP contribution is -2.08. The minimum Gasteiger partial charge on any atom is -0.335 e. The first kappa shape index (κ1) is 8.66. The predicted octanol–water partition coefficient (Wildman–Crippen LogP) is 1.67. The summed E-state index contributed by atoms with van der Waals surface area (Å²) in [4.78, 5) is 0. The second-order valence-electron chi connectivity index (χ2n) is 2.91. The summed E-state index contributed by atoms with van der Waals surface area (Å²) in [5.41, 5.74) is 0. The van der Waals surface area contributed by atoms with E-state index < -0.39 is 6.42 Å². The molecule has 10 heavy (non-hydrogen) atoms. The molecule has 0 saturated carbocycles. The Balaban J connectivity index is 2.64. The molecule has 0 aromatic carbocycles. The fourth-order valence-corrected chi connectivity index (χ4v) is 3.83. The van der Waals surface area contributed by atoms with Crippen molar-refractivity contribution in [3.63, 3.8) is 0 Å². The lowest BCUT2D eigenvalue weighted by atomic mass is 10.3. The van der Waals surface area contributed by atoms with Crippen molar-refractivity contribution in [1.82, 2.24) is 4.67 Å². The number of nitrogens with zero attached hydrogens (tertiary/aromatic N) is 1. The molecule has 1 heterocycles. The second-order valence-corrected chi connectivity index (χ2v) is 7.36. The highest BCUT2D eigenvalue weighted by atomic mass is 32.4. The Morgan fingerprint density at radius 3 is 2.40 bits per heavy atom. The average Bonchev–Trinajstić information content (AvgIpc) is 2.13. The van der Waals surface area contributed by atoms with Crippen LogP contribution in [0, 0.1) is 0 Å². The summed E-state index contributed by atoms with van der Waals surface area (Å²) in [6.07, 6.45) is 1.07. The van der Waals surface area contributed by atoms with Crippen LogP contribution in [0.25, 0.3) is 0 Å². The number of rotatable bonds is 1. The molecule has 1 saturated heterocycles. The van der Waals surface area contributed by atoms with E-state index in [0.717, 1.165) is 12.6 Å². The number of hydrogen-bond donors (Lipinski definition) is 0. The van der Waals surface area contributed by atoms with Crippen LogP contribution >= 0.6 is 6.42 Å². The normalized spacial score (nSPS) is 41.0. The Kier molecular flexibility index (Phi) is 2.51. The smallest absolute Gasteiger partial charge is 0.131 e. The van der Waals surface area contributed by atoms with Crippen LogP contribution in [0.3, 0.4) is 0 Å². The highest BCUT2D eigenvalue weighted by Crippen LogP contribution is 2.55. The van der Waals surface area contributed by atoms with E-state index >= 15 is 0 Å². The standard InChI is InChI=1S/C6H14NOPS/c1-6-4-5-9(10,8-6)7(2)3/h6H,4-5H2,1-3H3/t6-,9-/m0/s1. The van der Waals surface area contributed by atoms with Crippen LogP contribution in [0.4, 0.5) is 0 Å². The summed E-state index contributed by atoms with van der Waals surface area (Å²) in [7, 11) is 4.03. The Hall–Kier alpha value is 0.570. The third-order valence-electron chi connectivity index (χ3n) is 1.77. The molecule has 0 unspecified atom stereocenters. The highest BCUT2D eigenvalue weighted by molar-refractivity contribution is 8.11. The topological polar surface area (TPSA) is 12.5 Å². The molecular formula is C6H14NOPS. The van der Waals surface area contributed by atoms with Crippen LogP contribution in [0.1, 0.15) is 13.3 Å². The summed E-state index contributed by atoms with van der Waals surface area (Å²) in [6.45, 7) is 2.09. The van der Waals surface area contributed by atoms with Crippen LogP contribution in [0.15, 0.2) is 0 Å². The van der Waals surface area contributed by atoms with Crippen molar-refractivity contribution in [2.75, 3.05) is 20.3 Å². The minimum absolute atomic E-state index is 0.383. The lowest BCUT2D eigenvalue weighted by Gasteiger charge is -2.23. The van der Waals surface area contributed by atoms with Crippen molar-refractivity contribution >= 4 is 18.2 Å². The van der Waals surface area contributed by atoms with Gasteiger partial charge in [-0.05, 0) is 27.4 Å². The van der Waals surface area contributed by atoms with E-state index in [1.807, 2.05) is 14.1 Å². The first-order chi connectivity index (χ1) is 4.54. The molecule has 1 aliphatic heterocycles. The van der Waals surface area contributed by atoms with E-state index in [2.05, 4.69) is 11.6 Å². The first-order valence-electron chi connectivity index (χ1n) is 3.50. The fourth-order valence-electron chi connectivity index (χ4n) is 1.03. The maximum Gasteiger partial charge on any atom is 0.131 e. The largest absolute Gasteiger partial charge is 0.335 e. The van der Waals surface area contributed by atoms with Crippen molar-refractivity contribution in [2.45, 2.75) is 19.4 Å². The molecule has 1 rings (SSSR count). The Labute approximate surface area is 67.7 Å². The molecule has 0 aromatic rings. The molecule has 0 amide bonds. The van der Waals surface area contributed by atoms with Crippen molar-refractivity contribution in [3.05, 3.63) is 0 Å². The molecule has 2 atom stereocenters. The quantitative estimate of drug-likeness (QED) is 0.568. The van der Waals surface area contributed by atoms with Crippen molar-refractivity contribution < 1.29 is 4.52 Å². The van der Waals surface area contributed by atoms with Crippen LogP contribution in [0.5, 0.6) is 0 Å². The molecule has 60 valence electrons. The van der Waals surface area contributed by atoms with Crippen molar-refractivity contribution in [1.29, 1.82) is 0 Å². The van der Waals surface area contributed by atoms with Crippen LogP contribution in [-0.4, -0.2) is 31.0 Å². The van der Waals surface area contributed by atoms with Crippen LogP contribution < -0.4 is 0 Å². The predicted molar refractivity (Wildman–Crippen MR) is 48.0 cm³/mol. The Bertz CT molecular complexity index is 171. The Morgan fingerprint density at radius 1 is 1.60 bits per heavy atom. The summed E-state index contributed by atoms with van der Waals surface area (Å²) >= 11 is 5.38. The molecule has 1 aliphatic rings. The van der Waals surface area contributed by atoms with Gasteiger partial charge in [0.05, 0.1) is 6.10 Å². The SMILES string of the molecule is C[C@H]1CC[P@](=S)(N(C)C)O1. The van der Waals surface area contributed by atoms with Crippen LogP contribution in [0.2, 0.25) is 0 Å². The van der Waals surface area contributed by atoms with Gasteiger partial charge in [-0.3, -0.25) is 4.67 Å². The third kappa shape index (κ3) is 1.59. The molecule has 4 heteroatoms. The average molecular weight is 179 g/mol. The van der Waals surface area contributed by atoms with Gasteiger partial charge in [0.25, 0.3) is 0 Å². The van der Waals surface area contributed by atoms with Gasteiger partial charge in [0, 0.05) is 6.16 Å². The van der Waals surface area contributed by atoms with Gasteiger partial charge in [0.2, 0.25) is 0 Å². The van der Waals surface area contributed by atoms with E-state index in [4.69, 9.17) is 16.3 Å². The van der Waals surface area contributed by atoms with E-state index in [1.54, 1.807) is 0 Å². The molecule has 0 aliphatic carbocycles. The zero-order valence-electron chi connectivity index (χ0n) is 6.70. The van der Waals surface area contributed by atoms with Gasteiger partial charge in [-0.2, -0.15) is 0 Å². The van der Waals surface area contributed by atoms with Gasteiger partial charge in [0.1, 0.15) is 6.42 Å². The van der Waals surface area contributed by atoms with Gasteiger partial charge in [-0.25, -0.2) is 0 Å². The van der Waals surface area contributed by atoms with Gasteiger partial charge in [0.15, 0.2) is 0 Å². The highest BCUT2D eigenvalue weighted by Gasteiger charge is 2.30. The molecule has 0 N–H and O–H groups in total. The molecule has 0 spiro atoms. The maximum absolute atomic E-state index is 5.66. The molecule has 1 fully saturated rings. The van der Waals surface area contributed by atoms with E-state index in [1.165, 1.54) is 0 Å². The van der Waals surface area contributed by atoms with Crippen LogP contribution in [-0.2, 0) is 16.3 Å². The summed E-state index contributed by atoms with van der Waals surface area (Å²) < 4.78 is 7.74. The van der Waals surface area contributed by atoms with Gasteiger partial charge in [-0.15, -0.1) is 0 Å². The van der Waals surface area contributed by atoms with Gasteiger partial charge >= 0.3 is 0 Å². The first-order valence-corrected chi connectivity index (χ1v) is 6.36. The summed E-state index contributed by atoms with van der Waals surface area (Å²) in [6, 6.07) is 0. The fraction of sp³-hybridized carbons (Fsp3) is 1.00. The second kappa shape index (κ2) is 2.90. The zero-order valence-corrected chi connectivity index (χ0v) is 8.41. The van der Waals surface area contributed by atoms with E-state index in [-0.39, 0.29) is 0 Å². The lowest BCUT2D eigenvalue weighted by molar-refractivity contribution is 0.260. The van der Waals surface area contributed by atoms with Crippen molar-refractivity contribution in [2.24, 2.45) is 0 Å². The molecule has 0 aromatic heterocycles. The third-order valence-corrected chi connectivity index (χ3v) is 6.29. The summed E-state index contributed by atoms with van der Waals surface area (Å²) in [5.74, 6) is 0.